The zero-order valence-corrected chi connectivity index (χ0v) is 12.9. The summed E-state index contributed by atoms with van der Waals surface area (Å²) >= 11 is 11.3. The van der Waals surface area contributed by atoms with Gasteiger partial charge in [0.05, 0.1) is 0 Å². The van der Waals surface area contributed by atoms with E-state index in [0.717, 1.165) is 15.7 Å². The summed E-state index contributed by atoms with van der Waals surface area (Å²) in [6.07, 6.45) is 5.18. The van der Waals surface area contributed by atoms with Crippen LogP contribution in [0.15, 0.2) is 24.3 Å². The molecule has 1 aliphatic rings. The Morgan fingerprint density at radius 2 is 2.16 bits per heavy atom. The van der Waals surface area contributed by atoms with Crippen LogP contribution in [0.3, 0.4) is 0 Å². The second-order valence-corrected chi connectivity index (χ2v) is 6.17. The third-order valence-corrected chi connectivity index (χ3v) is 4.27. The van der Waals surface area contributed by atoms with Crippen LogP contribution in [0, 0.1) is 5.92 Å². The molecule has 2 nitrogen and oxygen atoms in total. The van der Waals surface area contributed by atoms with E-state index in [4.69, 9.17) is 23.8 Å². The molecule has 1 aliphatic carbocycles. The van der Waals surface area contributed by atoms with Crippen LogP contribution < -0.4 is 10.6 Å². The Balaban J connectivity index is 1.78. The SMILES string of the molecule is C[C@H]1CCCC[C@H]1NC(=S)NCc1cccc(Cl)c1. The van der Waals surface area contributed by atoms with Gasteiger partial charge in [-0.25, -0.2) is 0 Å². The topological polar surface area (TPSA) is 24.1 Å². The predicted molar refractivity (Wildman–Crippen MR) is 85.4 cm³/mol. The Hall–Kier alpha value is -0.800. The van der Waals surface area contributed by atoms with Crippen LogP contribution in [0.2, 0.25) is 5.02 Å². The number of hydrogen-bond acceptors (Lipinski definition) is 1. The lowest BCUT2D eigenvalue weighted by Gasteiger charge is -2.30. The number of nitrogens with one attached hydrogen (secondary N) is 2. The fourth-order valence-electron chi connectivity index (χ4n) is 2.58. The zero-order chi connectivity index (χ0) is 13.7. The van der Waals surface area contributed by atoms with Crippen molar-refractivity contribution in [2.24, 2.45) is 5.92 Å². The maximum atomic E-state index is 5.96. The van der Waals surface area contributed by atoms with Gasteiger partial charge in [0.2, 0.25) is 0 Å². The van der Waals surface area contributed by atoms with E-state index >= 15 is 0 Å². The van der Waals surface area contributed by atoms with Crippen molar-refractivity contribution >= 4 is 28.9 Å². The summed E-state index contributed by atoms with van der Waals surface area (Å²) in [4.78, 5) is 0. The zero-order valence-electron chi connectivity index (χ0n) is 11.3. The first kappa shape index (κ1) is 14.6. The van der Waals surface area contributed by atoms with E-state index in [1.165, 1.54) is 25.7 Å². The van der Waals surface area contributed by atoms with Crippen LogP contribution in [-0.2, 0) is 6.54 Å². The van der Waals surface area contributed by atoms with Crippen LogP contribution in [0.1, 0.15) is 38.2 Å². The van der Waals surface area contributed by atoms with E-state index in [0.29, 0.717) is 18.5 Å². The minimum Gasteiger partial charge on any atom is -0.360 e. The molecule has 104 valence electrons. The Kier molecular flexibility index (Phi) is 5.46. The monoisotopic (exact) mass is 296 g/mol. The van der Waals surface area contributed by atoms with Gasteiger partial charge in [-0.2, -0.15) is 0 Å². The quantitative estimate of drug-likeness (QED) is 0.828. The van der Waals surface area contributed by atoms with Gasteiger partial charge in [0.25, 0.3) is 0 Å². The Labute approximate surface area is 125 Å². The fraction of sp³-hybridized carbons (Fsp3) is 0.533. The largest absolute Gasteiger partial charge is 0.360 e. The van der Waals surface area contributed by atoms with Crippen LogP contribution in [-0.4, -0.2) is 11.2 Å². The first-order valence-corrected chi connectivity index (χ1v) is 7.72. The maximum Gasteiger partial charge on any atom is 0.166 e. The van der Waals surface area contributed by atoms with Crippen molar-refractivity contribution in [1.29, 1.82) is 0 Å². The van der Waals surface area contributed by atoms with Crippen molar-refractivity contribution in [3.8, 4) is 0 Å². The summed E-state index contributed by atoms with van der Waals surface area (Å²) < 4.78 is 0. The van der Waals surface area contributed by atoms with Crippen molar-refractivity contribution in [1.82, 2.24) is 10.6 Å². The molecule has 2 atom stereocenters. The summed E-state index contributed by atoms with van der Waals surface area (Å²) in [6, 6.07) is 8.36. The second kappa shape index (κ2) is 7.11. The van der Waals surface area contributed by atoms with Crippen molar-refractivity contribution < 1.29 is 0 Å². The van der Waals surface area contributed by atoms with Gasteiger partial charge in [-0.15, -0.1) is 0 Å². The molecule has 1 fully saturated rings. The number of benzene rings is 1. The molecule has 2 N–H and O–H groups in total. The molecule has 0 saturated heterocycles. The highest BCUT2D eigenvalue weighted by Crippen LogP contribution is 2.23. The highest BCUT2D eigenvalue weighted by molar-refractivity contribution is 7.80. The average molecular weight is 297 g/mol. The molecule has 0 aliphatic heterocycles. The lowest BCUT2D eigenvalue weighted by Crippen LogP contribution is -2.45. The first-order chi connectivity index (χ1) is 9.15. The average Bonchev–Trinajstić information content (AvgIpc) is 2.39. The molecule has 0 amide bonds. The summed E-state index contributed by atoms with van der Waals surface area (Å²) in [5, 5.41) is 8.21. The number of hydrogen-bond donors (Lipinski definition) is 2. The van der Waals surface area contributed by atoms with E-state index in [1.54, 1.807) is 0 Å². The molecular weight excluding hydrogens is 276 g/mol. The highest BCUT2D eigenvalue weighted by atomic mass is 35.5. The summed E-state index contributed by atoms with van der Waals surface area (Å²) in [5.74, 6) is 0.708. The van der Waals surface area contributed by atoms with Crippen LogP contribution in [0.5, 0.6) is 0 Å². The molecular formula is C15H21ClN2S. The normalized spacial score (nSPS) is 22.8. The molecule has 0 aromatic heterocycles. The Morgan fingerprint density at radius 3 is 2.89 bits per heavy atom. The van der Waals surface area contributed by atoms with E-state index in [2.05, 4.69) is 17.6 Å². The van der Waals surface area contributed by atoms with E-state index in [9.17, 15) is 0 Å². The second-order valence-electron chi connectivity index (χ2n) is 5.33. The number of thiocarbonyl (C=S) groups is 1. The molecule has 1 aromatic carbocycles. The molecule has 0 heterocycles. The van der Waals surface area contributed by atoms with Gasteiger partial charge < -0.3 is 10.6 Å². The van der Waals surface area contributed by atoms with Crippen LogP contribution >= 0.6 is 23.8 Å². The van der Waals surface area contributed by atoms with Crippen molar-refractivity contribution in [2.45, 2.75) is 45.2 Å². The van der Waals surface area contributed by atoms with Crippen molar-refractivity contribution in [2.75, 3.05) is 0 Å². The lowest BCUT2D eigenvalue weighted by molar-refractivity contribution is 0.308. The lowest BCUT2D eigenvalue weighted by atomic mass is 9.86. The number of halogens is 1. The molecule has 0 unspecified atom stereocenters. The molecule has 0 radical (unpaired) electrons. The van der Waals surface area contributed by atoms with Gasteiger partial charge in [0.15, 0.2) is 5.11 Å². The van der Waals surface area contributed by atoms with Crippen LogP contribution in [0.4, 0.5) is 0 Å². The minimum absolute atomic E-state index is 0.521. The molecule has 4 heteroatoms. The molecule has 19 heavy (non-hydrogen) atoms. The molecule has 1 aromatic rings. The summed E-state index contributed by atoms with van der Waals surface area (Å²) in [7, 11) is 0. The van der Waals surface area contributed by atoms with E-state index in [-0.39, 0.29) is 0 Å². The highest BCUT2D eigenvalue weighted by Gasteiger charge is 2.21. The van der Waals surface area contributed by atoms with Gasteiger partial charge in [-0.1, -0.05) is 43.5 Å². The maximum absolute atomic E-state index is 5.96. The first-order valence-electron chi connectivity index (χ1n) is 6.94. The summed E-state index contributed by atoms with van der Waals surface area (Å²) in [5.41, 5.74) is 1.15. The van der Waals surface area contributed by atoms with Crippen molar-refractivity contribution in [3.05, 3.63) is 34.9 Å². The number of rotatable bonds is 3. The Bertz CT molecular complexity index is 436. The van der Waals surface area contributed by atoms with Gasteiger partial charge in [-0.3, -0.25) is 0 Å². The molecule has 2 rings (SSSR count). The predicted octanol–water partition coefficient (Wildman–Crippen LogP) is 3.88. The molecule has 0 bridgehead atoms. The van der Waals surface area contributed by atoms with Crippen molar-refractivity contribution in [3.63, 3.8) is 0 Å². The van der Waals surface area contributed by atoms with Crippen LogP contribution in [0.25, 0.3) is 0 Å². The molecule has 1 saturated carbocycles. The van der Waals surface area contributed by atoms with E-state index < -0.39 is 0 Å². The van der Waals surface area contributed by atoms with Gasteiger partial charge in [-0.05, 0) is 48.7 Å². The van der Waals surface area contributed by atoms with Gasteiger partial charge >= 0.3 is 0 Å². The van der Waals surface area contributed by atoms with Gasteiger partial charge in [0, 0.05) is 17.6 Å². The Morgan fingerprint density at radius 1 is 1.37 bits per heavy atom. The summed E-state index contributed by atoms with van der Waals surface area (Å²) in [6.45, 7) is 3.02. The molecule has 0 spiro atoms. The third-order valence-electron chi connectivity index (χ3n) is 3.77. The van der Waals surface area contributed by atoms with Gasteiger partial charge in [0.1, 0.15) is 0 Å². The smallest absolute Gasteiger partial charge is 0.166 e. The van der Waals surface area contributed by atoms with E-state index in [1.807, 2.05) is 24.3 Å². The standard InChI is InChI=1S/C15H21ClN2S/c1-11-5-2-3-8-14(11)18-15(19)17-10-12-6-4-7-13(16)9-12/h4,6-7,9,11,14H,2-3,5,8,10H2,1H3,(H2,17,18,19)/t11-,14+/m0/s1. The minimum atomic E-state index is 0.521. The third kappa shape index (κ3) is 4.66. The fourth-order valence-corrected chi connectivity index (χ4v) is 3.02.